The summed E-state index contributed by atoms with van der Waals surface area (Å²) >= 11 is 1.53. The van der Waals surface area contributed by atoms with Crippen molar-refractivity contribution in [2.24, 2.45) is 7.05 Å². The molecule has 0 aliphatic rings. The Bertz CT molecular complexity index is 1130. The summed E-state index contributed by atoms with van der Waals surface area (Å²) in [6, 6.07) is 8.35. The first kappa shape index (κ1) is 17.4. The number of rotatable bonds is 5. The van der Waals surface area contributed by atoms with Crippen molar-refractivity contribution in [3.63, 3.8) is 0 Å². The first-order chi connectivity index (χ1) is 13.0. The van der Waals surface area contributed by atoms with E-state index in [1.165, 1.54) is 30.0 Å². The van der Waals surface area contributed by atoms with Crippen LogP contribution in [0.2, 0.25) is 0 Å². The SMILES string of the molecule is COC(=O)Cc1nn(C)c2c1nnc1nc(SCc3ccc(C)cc3)nn12. The molecule has 0 spiro atoms. The van der Waals surface area contributed by atoms with Crippen LogP contribution in [0, 0.1) is 6.92 Å². The fourth-order valence-electron chi connectivity index (χ4n) is 2.71. The molecule has 0 bridgehead atoms. The van der Waals surface area contributed by atoms with Crippen molar-refractivity contribution < 1.29 is 9.53 Å². The summed E-state index contributed by atoms with van der Waals surface area (Å²) < 4.78 is 7.94. The van der Waals surface area contributed by atoms with Crippen molar-refractivity contribution in [2.45, 2.75) is 24.3 Å². The lowest BCUT2D eigenvalue weighted by Gasteiger charge is -1.98. The smallest absolute Gasteiger partial charge is 0.311 e. The summed E-state index contributed by atoms with van der Waals surface area (Å²) in [5.74, 6) is 0.763. The van der Waals surface area contributed by atoms with E-state index in [0.29, 0.717) is 27.8 Å². The van der Waals surface area contributed by atoms with Gasteiger partial charge in [-0.25, -0.2) is 4.68 Å². The number of esters is 1. The van der Waals surface area contributed by atoms with Crippen molar-refractivity contribution in [2.75, 3.05) is 7.11 Å². The highest BCUT2D eigenvalue weighted by Gasteiger charge is 2.19. The number of carbonyl (C=O) groups is 1. The molecule has 4 rings (SSSR count). The number of hydrogen-bond acceptors (Lipinski definition) is 8. The number of nitrogens with zero attached hydrogens (tertiary/aromatic N) is 7. The van der Waals surface area contributed by atoms with Crippen LogP contribution >= 0.6 is 11.8 Å². The molecule has 0 atom stereocenters. The predicted molar refractivity (Wildman–Crippen MR) is 99.3 cm³/mol. The molecule has 138 valence electrons. The maximum atomic E-state index is 11.6. The Kier molecular flexibility index (Phi) is 4.48. The van der Waals surface area contributed by atoms with Crippen LogP contribution in [-0.2, 0) is 28.8 Å². The maximum absolute atomic E-state index is 11.6. The van der Waals surface area contributed by atoms with Gasteiger partial charge in [0.05, 0.1) is 13.5 Å². The van der Waals surface area contributed by atoms with E-state index in [9.17, 15) is 4.79 Å². The number of fused-ring (bicyclic) bond motifs is 3. The van der Waals surface area contributed by atoms with E-state index in [0.717, 1.165) is 5.75 Å². The van der Waals surface area contributed by atoms with Gasteiger partial charge in [0.2, 0.25) is 5.16 Å². The monoisotopic (exact) mass is 383 g/mol. The summed E-state index contributed by atoms with van der Waals surface area (Å²) in [6.45, 7) is 2.06. The number of methoxy groups -OCH3 is 1. The van der Waals surface area contributed by atoms with Crippen LogP contribution in [0.1, 0.15) is 16.8 Å². The minimum Gasteiger partial charge on any atom is -0.469 e. The lowest BCUT2D eigenvalue weighted by molar-refractivity contribution is -0.139. The molecule has 0 amide bonds. The highest BCUT2D eigenvalue weighted by molar-refractivity contribution is 7.98. The van der Waals surface area contributed by atoms with Crippen LogP contribution in [0.5, 0.6) is 0 Å². The van der Waals surface area contributed by atoms with Gasteiger partial charge in [-0.1, -0.05) is 41.6 Å². The standard InChI is InChI=1S/C17H17N7O2S/c1-10-4-6-11(7-5-10)9-27-17-18-16-20-19-14-12(8-13(25)26-3)21-23(2)15(14)24(16)22-17/h4-7H,8-9H2,1-3H3. The van der Waals surface area contributed by atoms with E-state index >= 15 is 0 Å². The molecule has 4 aromatic rings. The van der Waals surface area contributed by atoms with Crippen molar-refractivity contribution in [1.82, 2.24) is 34.6 Å². The molecule has 9 nitrogen and oxygen atoms in total. The molecule has 10 heteroatoms. The fourth-order valence-corrected chi connectivity index (χ4v) is 3.48. The van der Waals surface area contributed by atoms with E-state index in [1.807, 2.05) is 0 Å². The molecule has 0 unspecified atom stereocenters. The van der Waals surface area contributed by atoms with Crippen molar-refractivity contribution >= 4 is 34.7 Å². The summed E-state index contributed by atoms with van der Waals surface area (Å²) in [5.41, 5.74) is 4.06. The molecule has 3 heterocycles. The largest absolute Gasteiger partial charge is 0.469 e. The molecule has 0 saturated heterocycles. The molecule has 0 N–H and O–H groups in total. The molecule has 0 radical (unpaired) electrons. The number of thioether (sulfide) groups is 1. The minimum absolute atomic E-state index is 0.0256. The predicted octanol–water partition coefficient (Wildman–Crippen LogP) is 1.72. The summed E-state index contributed by atoms with van der Waals surface area (Å²) in [6.07, 6.45) is 0.0256. The third-order valence-corrected chi connectivity index (χ3v) is 5.01. The Morgan fingerprint density at radius 1 is 1.19 bits per heavy atom. The Hall–Kier alpha value is -3.01. The first-order valence-electron chi connectivity index (χ1n) is 8.25. The van der Waals surface area contributed by atoms with Gasteiger partial charge in [-0.2, -0.15) is 14.6 Å². The molecule has 27 heavy (non-hydrogen) atoms. The van der Waals surface area contributed by atoms with Gasteiger partial charge in [0.25, 0.3) is 5.78 Å². The zero-order valence-electron chi connectivity index (χ0n) is 15.1. The van der Waals surface area contributed by atoms with Crippen molar-refractivity contribution in [1.29, 1.82) is 0 Å². The quantitative estimate of drug-likeness (QED) is 0.379. The number of benzene rings is 1. The van der Waals surface area contributed by atoms with Crippen molar-refractivity contribution in [3.8, 4) is 0 Å². The third-order valence-electron chi connectivity index (χ3n) is 4.10. The Balaban J connectivity index is 1.66. The number of hydrogen-bond donors (Lipinski definition) is 0. The molecule has 0 saturated carbocycles. The van der Waals surface area contributed by atoms with Crippen LogP contribution in [0.4, 0.5) is 0 Å². The van der Waals surface area contributed by atoms with Crippen LogP contribution in [-0.4, -0.2) is 47.7 Å². The van der Waals surface area contributed by atoms with Gasteiger partial charge in [0.15, 0.2) is 11.2 Å². The first-order valence-corrected chi connectivity index (χ1v) is 9.24. The summed E-state index contributed by atoms with van der Waals surface area (Å²) in [4.78, 5) is 16.0. The lowest BCUT2D eigenvalue weighted by atomic mass is 10.2. The average Bonchev–Trinajstić information content (AvgIpc) is 3.21. The van der Waals surface area contributed by atoms with Crippen LogP contribution < -0.4 is 0 Å². The number of aryl methyl sites for hydroxylation is 2. The van der Waals surface area contributed by atoms with Gasteiger partial charge in [0.1, 0.15) is 5.69 Å². The maximum Gasteiger partial charge on any atom is 0.311 e. The average molecular weight is 383 g/mol. The zero-order valence-corrected chi connectivity index (χ0v) is 15.9. The molecule has 0 aliphatic heterocycles. The van der Waals surface area contributed by atoms with Crippen LogP contribution in [0.25, 0.3) is 16.9 Å². The van der Waals surface area contributed by atoms with E-state index in [1.54, 1.807) is 16.2 Å². The fraction of sp³-hybridized carbons (Fsp3) is 0.294. The van der Waals surface area contributed by atoms with E-state index in [-0.39, 0.29) is 12.4 Å². The highest BCUT2D eigenvalue weighted by atomic mass is 32.2. The molecule has 0 fully saturated rings. The molecular formula is C17H17N7O2S. The van der Waals surface area contributed by atoms with Crippen molar-refractivity contribution in [3.05, 3.63) is 41.1 Å². The van der Waals surface area contributed by atoms with Crippen LogP contribution in [0.3, 0.4) is 0 Å². The molecule has 0 aliphatic carbocycles. The van der Waals surface area contributed by atoms with E-state index < -0.39 is 0 Å². The summed E-state index contributed by atoms with van der Waals surface area (Å²) in [5, 5.41) is 17.8. The number of ether oxygens (including phenoxy) is 1. The van der Waals surface area contributed by atoms with Crippen LogP contribution in [0.15, 0.2) is 29.4 Å². The second-order valence-corrected chi connectivity index (χ2v) is 7.02. The topological polar surface area (TPSA) is 100 Å². The second kappa shape index (κ2) is 6.95. The number of aromatic nitrogens is 7. The molecular weight excluding hydrogens is 366 g/mol. The van der Waals surface area contributed by atoms with Gasteiger partial charge < -0.3 is 4.74 Å². The Labute approximate surface area is 158 Å². The van der Waals surface area contributed by atoms with Gasteiger partial charge in [0, 0.05) is 12.8 Å². The van der Waals surface area contributed by atoms with Gasteiger partial charge in [-0.05, 0) is 12.5 Å². The van der Waals surface area contributed by atoms with Gasteiger partial charge >= 0.3 is 5.97 Å². The lowest BCUT2D eigenvalue weighted by Crippen LogP contribution is -2.06. The zero-order chi connectivity index (χ0) is 19.0. The van der Waals surface area contributed by atoms with E-state index in [4.69, 9.17) is 4.74 Å². The minimum atomic E-state index is -0.384. The Morgan fingerprint density at radius 3 is 2.70 bits per heavy atom. The Morgan fingerprint density at radius 2 is 1.96 bits per heavy atom. The normalized spacial score (nSPS) is 11.4. The summed E-state index contributed by atoms with van der Waals surface area (Å²) in [7, 11) is 3.11. The second-order valence-electron chi connectivity index (χ2n) is 6.08. The van der Waals surface area contributed by atoms with E-state index in [2.05, 4.69) is 56.6 Å². The molecule has 3 aromatic heterocycles. The highest BCUT2D eigenvalue weighted by Crippen LogP contribution is 2.22. The van der Waals surface area contributed by atoms with Gasteiger partial charge in [-0.15, -0.1) is 15.3 Å². The molecule has 1 aromatic carbocycles. The third kappa shape index (κ3) is 3.35. The number of carbonyl (C=O) groups excluding carboxylic acids is 1. The van der Waals surface area contributed by atoms with Gasteiger partial charge in [-0.3, -0.25) is 4.79 Å².